The van der Waals surface area contributed by atoms with Crippen LogP contribution in [-0.4, -0.2) is 13.1 Å². The molecule has 0 aliphatic carbocycles. The van der Waals surface area contributed by atoms with Gasteiger partial charge in [-0.2, -0.15) is 5.26 Å². The normalized spacial score (nSPS) is 18.1. The van der Waals surface area contributed by atoms with Crippen LogP contribution in [0.15, 0.2) is 18.2 Å². The molecule has 3 heteroatoms. The quantitative estimate of drug-likeness (QED) is 0.703. The van der Waals surface area contributed by atoms with E-state index >= 15 is 0 Å². The highest BCUT2D eigenvalue weighted by atomic mass is 19.1. The van der Waals surface area contributed by atoms with Crippen molar-refractivity contribution >= 4 is 5.69 Å². The molecule has 1 heterocycles. The highest BCUT2D eigenvalue weighted by Crippen LogP contribution is 2.35. The molecule has 0 unspecified atom stereocenters. The summed E-state index contributed by atoms with van der Waals surface area (Å²) in [6, 6.07) is 6.41. The molecule has 2 nitrogen and oxygen atoms in total. The van der Waals surface area contributed by atoms with Crippen molar-refractivity contribution in [2.45, 2.75) is 13.8 Å². The third kappa shape index (κ3) is 1.80. The van der Waals surface area contributed by atoms with Gasteiger partial charge in [0.15, 0.2) is 0 Å². The Bertz CT molecular complexity index is 424. The van der Waals surface area contributed by atoms with Crippen LogP contribution in [0, 0.1) is 22.6 Å². The summed E-state index contributed by atoms with van der Waals surface area (Å²) in [5, 5.41) is 8.90. The lowest BCUT2D eigenvalue weighted by molar-refractivity contribution is 0.276. The molecule has 0 amide bonds. The Morgan fingerprint density at radius 1 is 1.40 bits per heavy atom. The van der Waals surface area contributed by atoms with Gasteiger partial charge in [0.2, 0.25) is 0 Å². The number of hydrogen-bond acceptors (Lipinski definition) is 2. The fraction of sp³-hybridized carbons (Fsp3) is 0.417. The van der Waals surface area contributed by atoms with Crippen molar-refractivity contribution in [2.24, 2.45) is 5.41 Å². The van der Waals surface area contributed by atoms with Crippen LogP contribution in [0.3, 0.4) is 0 Å². The molecule has 1 fully saturated rings. The van der Waals surface area contributed by atoms with Gasteiger partial charge < -0.3 is 4.90 Å². The first kappa shape index (κ1) is 9.97. The van der Waals surface area contributed by atoms with Gasteiger partial charge in [0, 0.05) is 13.1 Å². The lowest BCUT2D eigenvalue weighted by Gasteiger charge is -2.47. The first-order valence-electron chi connectivity index (χ1n) is 4.96. The summed E-state index contributed by atoms with van der Waals surface area (Å²) in [5.41, 5.74) is 1.57. The van der Waals surface area contributed by atoms with Crippen molar-refractivity contribution in [1.29, 1.82) is 5.26 Å². The number of rotatable bonds is 1. The van der Waals surface area contributed by atoms with Gasteiger partial charge >= 0.3 is 0 Å². The Morgan fingerprint density at radius 2 is 2.07 bits per heavy atom. The maximum atomic E-state index is 12.9. The monoisotopic (exact) mass is 204 g/mol. The van der Waals surface area contributed by atoms with E-state index in [4.69, 9.17) is 5.26 Å². The predicted octanol–water partition coefficient (Wildman–Crippen LogP) is 2.54. The fourth-order valence-corrected chi connectivity index (χ4v) is 2.03. The van der Waals surface area contributed by atoms with E-state index < -0.39 is 0 Å². The summed E-state index contributed by atoms with van der Waals surface area (Å²) in [4.78, 5) is 2.11. The number of benzene rings is 1. The maximum absolute atomic E-state index is 12.9. The van der Waals surface area contributed by atoms with E-state index in [1.165, 1.54) is 12.1 Å². The van der Waals surface area contributed by atoms with Gasteiger partial charge in [0.1, 0.15) is 11.9 Å². The number of nitriles is 1. The van der Waals surface area contributed by atoms with Crippen molar-refractivity contribution < 1.29 is 4.39 Å². The molecule has 0 saturated carbocycles. The van der Waals surface area contributed by atoms with Crippen LogP contribution in [-0.2, 0) is 0 Å². The van der Waals surface area contributed by atoms with Gasteiger partial charge in [-0.1, -0.05) is 13.8 Å². The molecule has 1 saturated heterocycles. The Hall–Kier alpha value is -1.56. The van der Waals surface area contributed by atoms with Crippen LogP contribution in [0.1, 0.15) is 19.4 Å². The van der Waals surface area contributed by atoms with Crippen LogP contribution >= 0.6 is 0 Å². The fourth-order valence-electron chi connectivity index (χ4n) is 2.03. The minimum atomic E-state index is -0.352. The number of halogens is 1. The van der Waals surface area contributed by atoms with Crippen LogP contribution in [0.5, 0.6) is 0 Å². The van der Waals surface area contributed by atoms with E-state index in [-0.39, 0.29) is 5.82 Å². The smallest absolute Gasteiger partial charge is 0.124 e. The molecule has 15 heavy (non-hydrogen) atoms. The van der Waals surface area contributed by atoms with E-state index in [1.54, 1.807) is 6.07 Å². The van der Waals surface area contributed by atoms with Crippen LogP contribution < -0.4 is 4.90 Å². The topological polar surface area (TPSA) is 27.0 Å². The molecule has 0 aromatic heterocycles. The highest BCUT2D eigenvalue weighted by molar-refractivity contribution is 5.61. The molecular formula is C12H13FN2. The molecule has 0 bridgehead atoms. The molecule has 1 aliphatic heterocycles. The molecule has 0 spiro atoms. The Labute approximate surface area is 88.9 Å². The lowest BCUT2D eigenvalue weighted by Crippen LogP contribution is -2.53. The van der Waals surface area contributed by atoms with Crippen molar-refractivity contribution in [1.82, 2.24) is 0 Å². The molecule has 0 N–H and O–H groups in total. The van der Waals surface area contributed by atoms with E-state index in [9.17, 15) is 4.39 Å². The van der Waals surface area contributed by atoms with Gasteiger partial charge in [-0.05, 0) is 23.6 Å². The highest BCUT2D eigenvalue weighted by Gasteiger charge is 2.35. The number of hydrogen-bond donors (Lipinski definition) is 0. The van der Waals surface area contributed by atoms with E-state index in [0.29, 0.717) is 11.0 Å². The second-order valence-corrected chi connectivity index (χ2v) is 4.79. The summed E-state index contributed by atoms with van der Waals surface area (Å²) >= 11 is 0. The Kier molecular flexibility index (Phi) is 2.15. The summed E-state index contributed by atoms with van der Waals surface area (Å²) in [7, 11) is 0. The second kappa shape index (κ2) is 3.23. The summed E-state index contributed by atoms with van der Waals surface area (Å²) in [6.45, 7) is 6.21. The van der Waals surface area contributed by atoms with Gasteiger partial charge in [-0.3, -0.25) is 0 Å². The molecule has 0 radical (unpaired) electrons. The van der Waals surface area contributed by atoms with Gasteiger partial charge in [-0.15, -0.1) is 0 Å². The first-order chi connectivity index (χ1) is 7.02. The molecule has 78 valence electrons. The average molecular weight is 204 g/mol. The second-order valence-electron chi connectivity index (χ2n) is 4.79. The largest absolute Gasteiger partial charge is 0.369 e. The van der Waals surface area contributed by atoms with E-state index in [1.807, 2.05) is 6.07 Å². The van der Waals surface area contributed by atoms with Gasteiger partial charge in [0.05, 0.1) is 11.3 Å². The van der Waals surface area contributed by atoms with Crippen molar-refractivity contribution in [3.63, 3.8) is 0 Å². The SMILES string of the molecule is CC1(C)CN(c2ccc(F)cc2C#N)C1. The Morgan fingerprint density at radius 3 is 2.60 bits per heavy atom. The predicted molar refractivity (Wildman–Crippen MR) is 57.1 cm³/mol. The zero-order valence-electron chi connectivity index (χ0n) is 8.92. The van der Waals surface area contributed by atoms with Gasteiger partial charge in [-0.25, -0.2) is 4.39 Å². The molecule has 1 aromatic rings. The number of anilines is 1. The Balaban J connectivity index is 2.27. The minimum absolute atomic E-state index is 0.307. The van der Waals surface area contributed by atoms with E-state index in [2.05, 4.69) is 18.7 Å². The first-order valence-corrected chi connectivity index (χ1v) is 4.96. The minimum Gasteiger partial charge on any atom is -0.369 e. The van der Waals surface area contributed by atoms with Crippen molar-refractivity contribution in [3.8, 4) is 6.07 Å². The molecule has 1 aromatic carbocycles. The molecule has 0 atom stereocenters. The summed E-state index contributed by atoms with van der Waals surface area (Å²) in [5.74, 6) is -0.352. The third-order valence-electron chi connectivity index (χ3n) is 2.66. The van der Waals surface area contributed by atoms with Gasteiger partial charge in [0.25, 0.3) is 0 Å². The van der Waals surface area contributed by atoms with Crippen LogP contribution in [0.25, 0.3) is 0 Å². The summed E-state index contributed by atoms with van der Waals surface area (Å²) < 4.78 is 12.9. The van der Waals surface area contributed by atoms with Crippen molar-refractivity contribution in [2.75, 3.05) is 18.0 Å². The zero-order valence-corrected chi connectivity index (χ0v) is 8.92. The van der Waals surface area contributed by atoms with Crippen LogP contribution in [0.2, 0.25) is 0 Å². The zero-order chi connectivity index (χ0) is 11.1. The van der Waals surface area contributed by atoms with Crippen LogP contribution in [0.4, 0.5) is 10.1 Å². The van der Waals surface area contributed by atoms with E-state index in [0.717, 1.165) is 18.8 Å². The standard InChI is InChI=1S/C12H13FN2/c1-12(2)7-15(8-12)11-4-3-10(13)5-9(11)6-14/h3-5H,7-8H2,1-2H3. The number of nitrogens with zero attached hydrogens (tertiary/aromatic N) is 2. The molecule has 2 rings (SSSR count). The maximum Gasteiger partial charge on any atom is 0.124 e. The summed E-state index contributed by atoms with van der Waals surface area (Å²) in [6.07, 6.45) is 0. The third-order valence-corrected chi connectivity index (χ3v) is 2.66. The van der Waals surface area contributed by atoms with Crippen molar-refractivity contribution in [3.05, 3.63) is 29.6 Å². The lowest BCUT2D eigenvalue weighted by atomic mass is 9.83. The average Bonchev–Trinajstić information content (AvgIpc) is 2.14. The molecule has 1 aliphatic rings. The molecular weight excluding hydrogens is 191 g/mol.